The van der Waals surface area contributed by atoms with Crippen molar-refractivity contribution in [2.24, 2.45) is 0 Å². The highest BCUT2D eigenvalue weighted by Gasteiger charge is 2.36. The maximum absolute atomic E-state index is 13.2. The Balaban J connectivity index is 1.49. The van der Waals surface area contributed by atoms with Crippen molar-refractivity contribution in [3.63, 3.8) is 0 Å². The first kappa shape index (κ1) is 24.3. The highest BCUT2D eigenvalue weighted by Crippen LogP contribution is 2.32. The molecular formula is C24H25F3N2O4. The lowest BCUT2D eigenvalue weighted by Gasteiger charge is -2.35. The molecule has 0 spiro atoms. The number of halogens is 3. The Morgan fingerprint density at radius 1 is 0.909 bits per heavy atom. The molecule has 1 saturated heterocycles. The first-order valence-corrected chi connectivity index (χ1v) is 10.6. The van der Waals surface area contributed by atoms with Crippen LogP contribution in [0.1, 0.15) is 34.8 Å². The number of Topliss-reactive ketones (excluding diaryl/α,β-unsaturated/α-hetero) is 1. The van der Waals surface area contributed by atoms with Crippen LogP contribution in [0.4, 0.5) is 13.2 Å². The third kappa shape index (κ3) is 6.57. The molecule has 33 heavy (non-hydrogen) atoms. The molecule has 176 valence electrons. The van der Waals surface area contributed by atoms with Gasteiger partial charge in [-0.3, -0.25) is 9.59 Å². The van der Waals surface area contributed by atoms with E-state index in [4.69, 9.17) is 4.74 Å². The minimum atomic E-state index is -4.62. The second kappa shape index (κ2) is 10.5. The van der Waals surface area contributed by atoms with Crippen LogP contribution in [0.5, 0.6) is 5.75 Å². The van der Waals surface area contributed by atoms with Gasteiger partial charge in [0, 0.05) is 32.6 Å². The Hall–Kier alpha value is -3.36. The molecule has 0 unspecified atom stereocenters. The summed E-state index contributed by atoms with van der Waals surface area (Å²) in [5.74, 6) is -0.325. The zero-order valence-electron chi connectivity index (χ0n) is 18.2. The minimum absolute atomic E-state index is 0.118. The molecule has 0 atom stereocenters. The number of nitrogens with zero attached hydrogens (tertiary/aromatic N) is 2. The number of ether oxygens (including phenoxy) is 1. The van der Waals surface area contributed by atoms with Crippen molar-refractivity contribution in [3.05, 3.63) is 65.2 Å². The molecule has 2 aromatic rings. The monoisotopic (exact) mass is 462 g/mol. The maximum atomic E-state index is 13.2. The number of carbonyl (C=O) groups excluding carboxylic acids is 3. The van der Waals surface area contributed by atoms with E-state index >= 15 is 0 Å². The van der Waals surface area contributed by atoms with Crippen LogP contribution in [0.3, 0.4) is 0 Å². The molecule has 2 aromatic carbocycles. The predicted molar refractivity (Wildman–Crippen MR) is 115 cm³/mol. The number of ketones is 1. The molecule has 3 rings (SSSR count). The van der Waals surface area contributed by atoms with E-state index in [1.165, 1.54) is 28.0 Å². The smallest absolute Gasteiger partial charge is 0.417 e. The quantitative estimate of drug-likeness (QED) is 0.631. The van der Waals surface area contributed by atoms with E-state index in [1.54, 1.807) is 19.1 Å². The molecule has 0 bridgehead atoms. The van der Waals surface area contributed by atoms with Crippen molar-refractivity contribution in [2.45, 2.75) is 25.9 Å². The summed E-state index contributed by atoms with van der Waals surface area (Å²) in [7, 11) is 0. The molecule has 0 saturated carbocycles. The zero-order valence-corrected chi connectivity index (χ0v) is 18.2. The summed E-state index contributed by atoms with van der Waals surface area (Å²) in [6.07, 6.45) is -3.51. The fourth-order valence-electron chi connectivity index (χ4n) is 3.56. The van der Waals surface area contributed by atoms with Gasteiger partial charge >= 0.3 is 6.18 Å². The summed E-state index contributed by atoms with van der Waals surface area (Å²) in [5.41, 5.74) is -0.356. The molecule has 9 heteroatoms. The molecule has 6 nitrogen and oxygen atoms in total. The number of benzene rings is 2. The van der Waals surface area contributed by atoms with Gasteiger partial charge in [0.25, 0.3) is 11.8 Å². The lowest BCUT2D eigenvalue weighted by molar-refractivity contribution is -0.138. The minimum Gasteiger partial charge on any atom is -0.484 e. The Kier molecular flexibility index (Phi) is 7.73. The fraction of sp³-hybridized carbons (Fsp3) is 0.375. The topological polar surface area (TPSA) is 66.9 Å². The lowest BCUT2D eigenvalue weighted by Crippen LogP contribution is -2.51. The molecule has 0 aromatic heterocycles. The largest absolute Gasteiger partial charge is 0.484 e. The Morgan fingerprint density at radius 3 is 2.12 bits per heavy atom. The van der Waals surface area contributed by atoms with E-state index < -0.39 is 17.6 Å². The third-order valence-electron chi connectivity index (χ3n) is 5.43. The molecule has 0 N–H and O–H groups in total. The molecule has 0 aliphatic carbocycles. The number of amides is 2. The Morgan fingerprint density at radius 2 is 1.52 bits per heavy atom. The van der Waals surface area contributed by atoms with Crippen molar-refractivity contribution in [3.8, 4) is 5.75 Å². The van der Waals surface area contributed by atoms with Gasteiger partial charge in [-0.15, -0.1) is 0 Å². The van der Waals surface area contributed by atoms with Gasteiger partial charge in [0.15, 0.2) is 6.61 Å². The summed E-state index contributed by atoms with van der Waals surface area (Å²) in [6.45, 7) is 2.07. The van der Waals surface area contributed by atoms with Gasteiger partial charge in [0.2, 0.25) is 0 Å². The number of piperazine rings is 1. The van der Waals surface area contributed by atoms with Crippen molar-refractivity contribution < 1.29 is 32.3 Å². The number of carbonyl (C=O) groups is 3. The van der Waals surface area contributed by atoms with E-state index in [9.17, 15) is 27.6 Å². The average Bonchev–Trinajstić information content (AvgIpc) is 2.81. The molecule has 0 radical (unpaired) electrons. The lowest BCUT2D eigenvalue weighted by atomic mass is 10.1. The summed E-state index contributed by atoms with van der Waals surface area (Å²) in [4.78, 5) is 39.0. The summed E-state index contributed by atoms with van der Waals surface area (Å²) in [6, 6.07) is 11.8. The standard InChI is InChI=1S/C24H25F3N2O4/c1-17(30)6-7-18-8-10-19(11-9-18)33-16-22(31)28-12-14-29(15-13-28)23(32)20-4-2-3-5-21(20)24(25,26)27/h2-5,8-11H,6-7,12-16H2,1H3. The van der Waals surface area contributed by atoms with Crippen LogP contribution in [0, 0.1) is 0 Å². The van der Waals surface area contributed by atoms with Gasteiger partial charge in [-0.2, -0.15) is 13.2 Å². The fourth-order valence-corrected chi connectivity index (χ4v) is 3.56. The SMILES string of the molecule is CC(=O)CCc1ccc(OCC(=O)N2CCN(C(=O)c3ccccc3C(F)(F)F)CC2)cc1. The summed E-state index contributed by atoms with van der Waals surface area (Å²) < 4.78 is 45.2. The Bertz CT molecular complexity index is 998. The van der Waals surface area contributed by atoms with Crippen LogP contribution < -0.4 is 4.74 Å². The summed E-state index contributed by atoms with van der Waals surface area (Å²) in [5, 5.41) is 0. The zero-order chi connectivity index (χ0) is 24.0. The third-order valence-corrected chi connectivity index (χ3v) is 5.43. The maximum Gasteiger partial charge on any atom is 0.417 e. The number of rotatable bonds is 7. The van der Waals surface area contributed by atoms with Crippen LogP contribution in [-0.2, 0) is 22.2 Å². The van der Waals surface area contributed by atoms with E-state index in [1.807, 2.05) is 12.1 Å². The van der Waals surface area contributed by atoms with Gasteiger partial charge in [-0.1, -0.05) is 24.3 Å². The van der Waals surface area contributed by atoms with Crippen molar-refractivity contribution >= 4 is 17.6 Å². The highest BCUT2D eigenvalue weighted by molar-refractivity contribution is 5.96. The number of hydrogen-bond acceptors (Lipinski definition) is 4. The van der Waals surface area contributed by atoms with Crippen LogP contribution in [-0.4, -0.2) is 60.2 Å². The van der Waals surface area contributed by atoms with Gasteiger partial charge in [-0.25, -0.2) is 0 Å². The van der Waals surface area contributed by atoms with Gasteiger partial charge in [-0.05, 0) is 43.2 Å². The molecular weight excluding hydrogens is 437 g/mol. The molecule has 1 aliphatic rings. The van der Waals surface area contributed by atoms with E-state index in [2.05, 4.69) is 0 Å². The van der Waals surface area contributed by atoms with Crippen molar-refractivity contribution in [1.82, 2.24) is 9.80 Å². The van der Waals surface area contributed by atoms with Crippen LogP contribution in [0.2, 0.25) is 0 Å². The number of hydrogen-bond donors (Lipinski definition) is 0. The van der Waals surface area contributed by atoms with Gasteiger partial charge in [0.05, 0.1) is 11.1 Å². The van der Waals surface area contributed by atoms with Crippen molar-refractivity contribution in [2.75, 3.05) is 32.8 Å². The van der Waals surface area contributed by atoms with E-state index in [0.717, 1.165) is 11.6 Å². The number of aryl methyl sites for hydroxylation is 1. The Labute approximate surface area is 189 Å². The number of alkyl halides is 3. The van der Waals surface area contributed by atoms with Gasteiger partial charge in [0.1, 0.15) is 11.5 Å². The molecule has 1 fully saturated rings. The second-order valence-electron chi connectivity index (χ2n) is 7.85. The average molecular weight is 462 g/mol. The second-order valence-corrected chi connectivity index (χ2v) is 7.85. The van der Waals surface area contributed by atoms with E-state index in [0.29, 0.717) is 18.6 Å². The normalized spacial score (nSPS) is 14.2. The van der Waals surface area contributed by atoms with E-state index in [-0.39, 0.29) is 50.0 Å². The molecule has 1 heterocycles. The van der Waals surface area contributed by atoms with Crippen LogP contribution in [0.25, 0.3) is 0 Å². The first-order chi connectivity index (χ1) is 15.6. The predicted octanol–water partition coefficient (Wildman–Crippen LogP) is 3.59. The van der Waals surface area contributed by atoms with Crippen molar-refractivity contribution in [1.29, 1.82) is 0 Å². The first-order valence-electron chi connectivity index (χ1n) is 10.6. The molecule has 1 aliphatic heterocycles. The van der Waals surface area contributed by atoms with Crippen LogP contribution >= 0.6 is 0 Å². The van der Waals surface area contributed by atoms with Crippen LogP contribution in [0.15, 0.2) is 48.5 Å². The van der Waals surface area contributed by atoms with Gasteiger partial charge < -0.3 is 19.3 Å². The summed E-state index contributed by atoms with van der Waals surface area (Å²) >= 11 is 0. The molecule has 2 amide bonds. The highest BCUT2D eigenvalue weighted by atomic mass is 19.4.